The zero-order valence-electron chi connectivity index (χ0n) is 7.26. The fourth-order valence-corrected chi connectivity index (χ4v) is 0.737. The zero-order chi connectivity index (χ0) is 7.98. The van der Waals surface area contributed by atoms with Gasteiger partial charge in [-0.1, -0.05) is 20.8 Å². The maximum atomic E-state index is 4.10. The van der Waals surface area contributed by atoms with Gasteiger partial charge in [0.1, 0.15) is 5.82 Å². The Labute approximate surface area is 62.9 Å². The first-order valence-corrected chi connectivity index (χ1v) is 3.80. The molecule has 0 spiro atoms. The minimum absolute atomic E-state index is 1.02. The molecule has 1 rings (SSSR count). The molecule has 10 heavy (non-hydrogen) atoms. The molecule has 1 heterocycles. The quantitative estimate of drug-likeness (QED) is 0.583. The number of aromatic nitrogens is 2. The molecular weight excluding hydrogens is 124 g/mol. The average molecular weight is 140 g/mol. The van der Waals surface area contributed by atoms with Crippen molar-refractivity contribution in [1.82, 2.24) is 9.55 Å². The number of imidazole rings is 1. The Morgan fingerprint density at radius 3 is 2.30 bits per heavy atom. The molecule has 0 radical (unpaired) electrons. The first-order valence-electron chi connectivity index (χ1n) is 3.80. The SMILES string of the molecule is CC.CCc1nccn1C. The predicted octanol–water partition coefficient (Wildman–Crippen LogP) is 2.01. The second-order valence-corrected chi connectivity index (χ2v) is 1.81. The second-order valence-electron chi connectivity index (χ2n) is 1.81. The first-order chi connectivity index (χ1) is 4.84. The molecule has 0 bridgehead atoms. The Morgan fingerprint density at radius 1 is 1.50 bits per heavy atom. The van der Waals surface area contributed by atoms with Crippen LogP contribution in [0.3, 0.4) is 0 Å². The summed E-state index contributed by atoms with van der Waals surface area (Å²) in [6, 6.07) is 0. The van der Waals surface area contributed by atoms with Gasteiger partial charge in [-0.3, -0.25) is 0 Å². The molecule has 0 unspecified atom stereocenters. The van der Waals surface area contributed by atoms with Crippen molar-refractivity contribution >= 4 is 0 Å². The van der Waals surface area contributed by atoms with E-state index in [-0.39, 0.29) is 0 Å². The highest BCUT2D eigenvalue weighted by Gasteiger charge is 1.90. The summed E-state index contributed by atoms with van der Waals surface area (Å²) in [4.78, 5) is 4.10. The number of hydrogen-bond acceptors (Lipinski definition) is 1. The van der Waals surface area contributed by atoms with Gasteiger partial charge in [0.15, 0.2) is 0 Å². The molecule has 0 aromatic carbocycles. The van der Waals surface area contributed by atoms with Crippen LogP contribution in [0.1, 0.15) is 26.6 Å². The fourth-order valence-electron chi connectivity index (χ4n) is 0.737. The summed E-state index contributed by atoms with van der Waals surface area (Å²) >= 11 is 0. The van der Waals surface area contributed by atoms with Crippen LogP contribution in [0.4, 0.5) is 0 Å². The van der Waals surface area contributed by atoms with E-state index in [4.69, 9.17) is 0 Å². The Kier molecular flexibility index (Phi) is 4.63. The van der Waals surface area contributed by atoms with Crippen LogP contribution in [-0.2, 0) is 13.5 Å². The topological polar surface area (TPSA) is 17.8 Å². The molecule has 2 nitrogen and oxygen atoms in total. The number of rotatable bonds is 1. The van der Waals surface area contributed by atoms with Crippen LogP contribution in [0.5, 0.6) is 0 Å². The fraction of sp³-hybridized carbons (Fsp3) is 0.625. The van der Waals surface area contributed by atoms with Crippen LogP contribution in [0.2, 0.25) is 0 Å². The van der Waals surface area contributed by atoms with E-state index >= 15 is 0 Å². The lowest BCUT2D eigenvalue weighted by Gasteiger charge is -1.92. The van der Waals surface area contributed by atoms with E-state index in [1.807, 2.05) is 37.9 Å². The molecule has 0 fully saturated rings. The molecular formula is C8H16N2. The summed E-state index contributed by atoms with van der Waals surface area (Å²) in [5, 5.41) is 0. The van der Waals surface area contributed by atoms with Crippen LogP contribution in [0, 0.1) is 0 Å². The second kappa shape index (κ2) is 5.03. The Hall–Kier alpha value is -0.790. The monoisotopic (exact) mass is 140 g/mol. The minimum Gasteiger partial charge on any atom is -0.338 e. The van der Waals surface area contributed by atoms with E-state index in [2.05, 4.69) is 11.9 Å². The van der Waals surface area contributed by atoms with Gasteiger partial charge in [0.05, 0.1) is 0 Å². The van der Waals surface area contributed by atoms with E-state index < -0.39 is 0 Å². The molecule has 0 atom stereocenters. The highest BCUT2D eigenvalue weighted by molar-refractivity contribution is 4.89. The smallest absolute Gasteiger partial charge is 0.108 e. The van der Waals surface area contributed by atoms with E-state index in [0.29, 0.717) is 0 Å². The number of hydrogen-bond donors (Lipinski definition) is 0. The van der Waals surface area contributed by atoms with Crippen molar-refractivity contribution < 1.29 is 0 Å². The van der Waals surface area contributed by atoms with Gasteiger partial charge in [0.2, 0.25) is 0 Å². The molecule has 0 aliphatic rings. The van der Waals surface area contributed by atoms with Crippen LogP contribution in [0.25, 0.3) is 0 Å². The largest absolute Gasteiger partial charge is 0.338 e. The minimum atomic E-state index is 1.02. The normalized spacial score (nSPS) is 8.40. The van der Waals surface area contributed by atoms with E-state index in [0.717, 1.165) is 12.2 Å². The Balaban J connectivity index is 0.000000371. The molecule has 0 N–H and O–H groups in total. The van der Waals surface area contributed by atoms with Crippen molar-refractivity contribution in [3.63, 3.8) is 0 Å². The third-order valence-electron chi connectivity index (χ3n) is 1.24. The van der Waals surface area contributed by atoms with E-state index in [1.54, 1.807) is 0 Å². The van der Waals surface area contributed by atoms with Gasteiger partial charge >= 0.3 is 0 Å². The van der Waals surface area contributed by atoms with Gasteiger partial charge in [-0.05, 0) is 0 Å². The lowest BCUT2D eigenvalue weighted by atomic mass is 10.5. The first kappa shape index (κ1) is 9.21. The molecule has 1 aromatic heterocycles. The molecule has 0 aliphatic carbocycles. The highest BCUT2D eigenvalue weighted by Crippen LogP contribution is 1.92. The van der Waals surface area contributed by atoms with Gasteiger partial charge in [-0.2, -0.15) is 0 Å². The third-order valence-corrected chi connectivity index (χ3v) is 1.24. The average Bonchev–Trinajstić information content (AvgIpc) is 2.39. The summed E-state index contributed by atoms with van der Waals surface area (Å²) in [6.45, 7) is 6.10. The van der Waals surface area contributed by atoms with Gasteiger partial charge < -0.3 is 4.57 Å². The van der Waals surface area contributed by atoms with Crippen LogP contribution < -0.4 is 0 Å². The predicted molar refractivity (Wildman–Crippen MR) is 43.9 cm³/mol. The molecule has 1 aromatic rings. The van der Waals surface area contributed by atoms with Gasteiger partial charge in [-0.15, -0.1) is 0 Å². The van der Waals surface area contributed by atoms with Crippen molar-refractivity contribution in [3.8, 4) is 0 Å². The van der Waals surface area contributed by atoms with Crippen molar-refractivity contribution in [2.45, 2.75) is 27.2 Å². The van der Waals surface area contributed by atoms with Gasteiger partial charge in [0, 0.05) is 25.9 Å². The third kappa shape index (κ3) is 2.21. The van der Waals surface area contributed by atoms with Crippen LogP contribution >= 0.6 is 0 Å². The summed E-state index contributed by atoms with van der Waals surface area (Å²) < 4.78 is 2.03. The molecule has 0 saturated heterocycles. The van der Waals surface area contributed by atoms with Gasteiger partial charge in [0.25, 0.3) is 0 Å². The van der Waals surface area contributed by atoms with Crippen LogP contribution in [0.15, 0.2) is 12.4 Å². The van der Waals surface area contributed by atoms with Crippen molar-refractivity contribution in [2.24, 2.45) is 7.05 Å². The molecule has 0 amide bonds. The van der Waals surface area contributed by atoms with Crippen LogP contribution in [-0.4, -0.2) is 9.55 Å². The standard InChI is InChI=1S/C6H10N2.C2H6/c1-3-6-7-4-5-8(6)2;1-2/h4-5H,3H2,1-2H3;1-2H3. The van der Waals surface area contributed by atoms with Crippen molar-refractivity contribution in [2.75, 3.05) is 0 Å². The lowest BCUT2D eigenvalue weighted by molar-refractivity contribution is 0.808. The summed E-state index contributed by atoms with van der Waals surface area (Å²) in [7, 11) is 2.01. The molecule has 0 saturated carbocycles. The maximum Gasteiger partial charge on any atom is 0.108 e. The van der Waals surface area contributed by atoms with E-state index in [1.165, 1.54) is 0 Å². The van der Waals surface area contributed by atoms with Crippen molar-refractivity contribution in [3.05, 3.63) is 18.2 Å². The van der Waals surface area contributed by atoms with Crippen molar-refractivity contribution in [1.29, 1.82) is 0 Å². The summed E-state index contributed by atoms with van der Waals surface area (Å²) in [6.07, 6.45) is 4.79. The highest BCUT2D eigenvalue weighted by atomic mass is 15.0. The summed E-state index contributed by atoms with van der Waals surface area (Å²) in [5.74, 6) is 1.14. The Morgan fingerprint density at radius 2 is 2.10 bits per heavy atom. The Bertz CT molecular complexity index is 168. The zero-order valence-corrected chi connectivity index (χ0v) is 7.26. The number of aryl methyl sites for hydroxylation is 2. The summed E-state index contributed by atoms with van der Waals surface area (Å²) in [5.41, 5.74) is 0. The lowest BCUT2D eigenvalue weighted by Crippen LogP contribution is -1.92. The molecule has 58 valence electrons. The van der Waals surface area contributed by atoms with E-state index in [9.17, 15) is 0 Å². The molecule has 0 aliphatic heterocycles. The molecule has 2 heteroatoms. The van der Waals surface area contributed by atoms with Gasteiger partial charge in [-0.25, -0.2) is 4.98 Å². The number of nitrogens with zero attached hydrogens (tertiary/aromatic N) is 2. The maximum absolute atomic E-state index is 4.10.